The number of aromatic nitrogens is 2. The van der Waals surface area contributed by atoms with Gasteiger partial charge in [0.1, 0.15) is 5.67 Å². The molecule has 1 aromatic rings. The minimum absolute atomic E-state index is 0.438. The second kappa shape index (κ2) is 3.62. The lowest BCUT2D eigenvalue weighted by atomic mass is 10.1. The van der Waals surface area contributed by atoms with Crippen LogP contribution in [-0.2, 0) is 6.54 Å². The molecule has 1 fully saturated rings. The van der Waals surface area contributed by atoms with Crippen molar-refractivity contribution in [2.24, 2.45) is 0 Å². The van der Waals surface area contributed by atoms with Gasteiger partial charge < -0.3 is 0 Å². The summed E-state index contributed by atoms with van der Waals surface area (Å²) < 4.78 is 16.1. The van der Waals surface area contributed by atoms with E-state index < -0.39 is 5.67 Å². The average Bonchev–Trinajstić information content (AvgIpc) is 2.69. The molecule has 1 saturated carbocycles. The molecule has 1 aromatic heterocycles. The Morgan fingerprint density at radius 2 is 1.87 bits per heavy atom. The second-order valence-corrected chi connectivity index (χ2v) is 4.81. The van der Waals surface area contributed by atoms with E-state index in [4.69, 9.17) is 0 Å². The van der Waals surface area contributed by atoms with Gasteiger partial charge in [0, 0.05) is 5.69 Å². The zero-order chi connectivity index (χ0) is 11.1. The molecule has 0 saturated heterocycles. The van der Waals surface area contributed by atoms with Crippen LogP contribution in [0.25, 0.3) is 0 Å². The van der Waals surface area contributed by atoms with Gasteiger partial charge in [0.05, 0.1) is 12.2 Å². The third kappa shape index (κ3) is 1.92. The molecule has 1 aliphatic rings. The zero-order valence-corrected chi connectivity index (χ0v) is 9.81. The van der Waals surface area contributed by atoms with E-state index in [0.717, 1.165) is 24.2 Å². The molecule has 0 radical (unpaired) electrons. The number of rotatable bonds is 2. The Labute approximate surface area is 90.5 Å². The van der Waals surface area contributed by atoms with Crippen LogP contribution in [0.15, 0.2) is 0 Å². The summed E-state index contributed by atoms with van der Waals surface area (Å²) in [5, 5.41) is 4.40. The highest BCUT2D eigenvalue weighted by Crippen LogP contribution is 2.35. The lowest BCUT2D eigenvalue weighted by molar-refractivity contribution is 0.138. The lowest BCUT2D eigenvalue weighted by Crippen LogP contribution is -2.26. The van der Waals surface area contributed by atoms with Crippen LogP contribution in [-0.4, -0.2) is 15.4 Å². The minimum Gasteiger partial charge on any atom is -0.266 e. The molecule has 0 bridgehead atoms. The van der Waals surface area contributed by atoms with Crippen molar-refractivity contribution in [3.8, 4) is 0 Å². The Bertz CT molecular complexity index is 362. The Morgan fingerprint density at radius 3 is 2.33 bits per heavy atom. The summed E-state index contributed by atoms with van der Waals surface area (Å²) in [5.41, 5.74) is 2.32. The molecule has 2 nitrogen and oxygen atoms in total. The first kappa shape index (κ1) is 10.7. The average molecular weight is 210 g/mol. The summed E-state index contributed by atoms with van der Waals surface area (Å²) in [7, 11) is 0. The monoisotopic (exact) mass is 210 g/mol. The molecule has 0 amide bonds. The Balaban J connectivity index is 2.20. The first-order chi connectivity index (χ1) is 7.02. The van der Waals surface area contributed by atoms with Crippen LogP contribution in [0.2, 0.25) is 0 Å². The third-order valence-electron chi connectivity index (χ3n) is 3.68. The van der Waals surface area contributed by atoms with Gasteiger partial charge in [-0.2, -0.15) is 5.10 Å². The Kier molecular flexibility index (Phi) is 2.57. The molecule has 1 aliphatic carbocycles. The van der Waals surface area contributed by atoms with Gasteiger partial charge in [0.15, 0.2) is 0 Å². The maximum absolute atomic E-state index is 14.3. The van der Waals surface area contributed by atoms with Crippen molar-refractivity contribution in [1.29, 1.82) is 0 Å². The molecular formula is C12H19FN2. The van der Waals surface area contributed by atoms with Crippen molar-refractivity contribution >= 4 is 0 Å². The SMILES string of the molecule is Cc1nn(CC2(F)CCCC2)c(C)c1C. The van der Waals surface area contributed by atoms with Crippen LogP contribution in [0, 0.1) is 20.8 Å². The molecule has 1 heterocycles. The van der Waals surface area contributed by atoms with Crippen LogP contribution in [0.4, 0.5) is 4.39 Å². The highest BCUT2D eigenvalue weighted by atomic mass is 19.1. The van der Waals surface area contributed by atoms with Gasteiger partial charge in [-0.3, -0.25) is 4.68 Å². The van der Waals surface area contributed by atoms with Gasteiger partial charge in [-0.25, -0.2) is 4.39 Å². The molecule has 0 N–H and O–H groups in total. The summed E-state index contributed by atoms with van der Waals surface area (Å²) in [6.45, 7) is 6.49. The van der Waals surface area contributed by atoms with Crippen molar-refractivity contribution < 1.29 is 4.39 Å². The van der Waals surface area contributed by atoms with Crippen molar-refractivity contribution in [1.82, 2.24) is 9.78 Å². The van der Waals surface area contributed by atoms with E-state index in [9.17, 15) is 4.39 Å². The number of nitrogens with zero attached hydrogens (tertiary/aromatic N) is 2. The van der Waals surface area contributed by atoms with Gasteiger partial charge in [0.25, 0.3) is 0 Å². The van der Waals surface area contributed by atoms with Gasteiger partial charge in [-0.05, 0) is 39.2 Å². The molecule has 0 atom stereocenters. The first-order valence-corrected chi connectivity index (χ1v) is 5.71. The van der Waals surface area contributed by atoms with Crippen LogP contribution in [0.3, 0.4) is 0 Å². The van der Waals surface area contributed by atoms with Gasteiger partial charge in [-0.15, -0.1) is 0 Å². The highest BCUT2D eigenvalue weighted by Gasteiger charge is 2.34. The molecule has 0 spiro atoms. The largest absolute Gasteiger partial charge is 0.266 e. The summed E-state index contributed by atoms with van der Waals surface area (Å²) in [6, 6.07) is 0. The fourth-order valence-electron chi connectivity index (χ4n) is 2.38. The van der Waals surface area contributed by atoms with Crippen molar-refractivity contribution in [3.63, 3.8) is 0 Å². The van der Waals surface area contributed by atoms with Crippen LogP contribution in [0.1, 0.15) is 42.6 Å². The van der Waals surface area contributed by atoms with E-state index in [1.54, 1.807) is 0 Å². The van der Waals surface area contributed by atoms with Crippen LogP contribution < -0.4 is 0 Å². The molecule has 0 aliphatic heterocycles. The van der Waals surface area contributed by atoms with Gasteiger partial charge in [-0.1, -0.05) is 12.8 Å². The quantitative estimate of drug-likeness (QED) is 0.733. The van der Waals surface area contributed by atoms with E-state index in [0.29, 0.717) is 19.4 Å². The molecular weight excluding hydrogens is 191 g/mol. The van der Waals surface area contributed by atoms with E-state index in [1.807, 2.05) is 25.5 Å². The second-order valence-electron chi connectivity index (χ2n) is 4.81. The summed E-state index contributed by atoms with van der Waals surface area (Å²) >= 11 is 0. The normalized spacial score (nSPS) is 19.7. The maximum atomic E-state index is 14.3. The summed E-state index contributed by atoms with van der Waals surface area (Å²) in [4.78, 5) is 0. The number of hydrogen-bond acceptors (Lipinski definition) is 1. The topological polar surface area (TPSA) is 17.8 Å². The molecule has 3 heteroatoms. The smallest absolute Gasteiger partial charge is 0.130 e. The fraction of sp³-hybridized carbons (Fsp3) is 0.750. The van der Waals surface area contributed by atoms with Crippen molar-refractivity contribution in [3.05, 3.63) is 17.0 Å². The van der Waals surface area contributed by atoms with Crippen molar-refractivity contribution in [2.75, 3.05) is 0 Å². The van der Waals surface area contributed by atoms with Crippen LogP contribution >= 0.6 is 0 Å². The van der Waals surface area contributed by atoms with Gasteiger partial charge in [0.2, 0.25) is 0 Å². The van der Waals surface area contributed by atoms with Gasteiger partial charge >= 0.3 is 0 Å². The molecule has 15 heavy (non-hydrogen) atoms. The van der Waals surface area contributed by atoms with E-state index in [2.05, 4.69) is 5.10 Å². The number of alkyl halides is 1. The highest BCUT2D eigenvalue weighted by molar-refractivity contribution is 5.22. The number of halogens is 1. The molecule has 2 rings (SSSR count). The molecule has 0 aromatic carbocycles. The first-order valence-electron chi connectivity index (χ1n) is 5.71. The maximum Gasteiger partial charge on any atom is 0.130 e. The summed E-state index contributed by atoms with van der Waals surface area (Å²) in [5.74, 6) is 0. The Hall–Kier alpha value is -0.860. The number of hydrogen-bond donors (Lipinski definition) is 0. The minimum atomic E-state index is -1.00. The van der Waals surface area contributed by atoms with E-state index >= 15 is 0 Å². The fourth-order valence-corrected chi connectivity index (χ4v) is 2.38. The van der Waals surface area contributed by atoms with Crippen molar-refractivity contribution in [2.45, 2.75) is 58.7 Å². The predicted octanol–water partition coefficient (Wildman–Crippen LogP) is 3.09. The predicted molar refractivity (Wildman–Crippen MR) is 58.7 cm³/mol. The lowest BCUT2D eigenvalue weighted by Gasteiger charge is -2.19. The standard InChI is InChI=1S/C12H19FN2/c1-9-10(2)14-15(11(9)3)8-12(13)6-4-5-7-12/h4-8H2,1-3H3. The number of aryl methyl sites for hydroxylation is 1. The third-order valence-corrected chi connectivity index (χ3v) is 3.68. The zero-order valence-electron chi connectivity index (χ0n) is 9.81. The van der Waals surface area contributed by atoms with Crippen LogP contribution in [0.5, 0.6) is 0 Å². The Morgan fingerprint density at radius 1 is 1.27 bits per heavy atom. The van der Waals surface area contributed by atoms with E-state index in [-0.39, 0.29) is 0 Å². The summed E-state index contributed by atoms with van der Waals surface area (Å²) in [6.07, 6.45) is 3.44. The van der Waals surface area contributed by atoms with E-state index in [1.165, 1.54) is 5.56 Å². The molecule has 84 valence electrons. The molecule has 0 unspecified atom stereocenters.